The Bertz CT molecular complexity index is 169. The minimum atomic E-state index is -1.01. The van der Waals surface area contributed by atoms with Crippen LogP contribution in [-0.4, -0.2) is 41.1 Å². The first-order valence-electron chi connectivity index (χ1n) is 3.59. The van der Waals surface area contributed by atoms with E-state index in [-0.39, 0.29) is 6.61 Å². The van der Waals surface area contributed by atoms with Crippen molar-refractivity contribution in [3.05, 3.63) is 6.61 Å². The predicted molar refractivity (Wildman–Crippen MR) is 37.8 cm³/mol. The molecular weight excluding hydrogens is 164 g/mol. The van der Waals surface area contributed by atoms with Crippen LogP contribution < -0.4 is 0 Å². The molecule has 0 spiro atoms. The van der Waals surface area contributed by atoms with Crippen LogP contribution in [0.15, 0.2) is 0 Å². The number of rotatable bonds is 2. The molecule has 5 nitrogen and oxygen atoms in total. The fraction of sp³-hybridized carbons (Fsp3) is 0.714. The average molecular weight is 175 g/mol. The Kier molecular flexibility index (Phi) is 3.02. The highest BCUT2D eigenvalue weighted by molar-refractivity contribution is 5.65. The lowest BCUT2D eigenvalue weighted by atomic mass is 10.2. The Labute approximate surface area is 69.9 Å². The van der Waals surface area contributed by atoms with Gasteiger partial charge in [0, 0.05) is 6.92 Å². The molecule has 1 saturated heterocycles. The van der Waals surface area contributed by atoms with Crippen molar-refractivity contribution < 1.29 is 24.5 Å². The van der Waals surface area contributed by atoms with E-state index in [1.165, 1.54) is 6.92 Å². The smallest absolute Gasteiger partial charge is 0.302 e. The zero-order valence-corrected chi connectivity index (χ0v) is 6.64. The maximum Gasteiger partial charge on any atom is 0.302 e. The summed E-state index contributed by atoms with van der Waals surface area (Å²) in [5.74, 6) is -0.438. The monoisotopic (exact) mass is 175 g/mol. The number of esters is 1. The molecule has 0 aromatic heterocycles. The highest BCUT2D eigenvalue weighted by atomic mass is 16.6. The molecule has 1 heterocycles. The van der Waals surface area contributed by atoms with Crippen molar-refractivity contribution in [1.82, 2.24) is 0 Å². The largest absolute Gasteiger partial charge is 0.463 e. The molecule has 1 rings (SSSR count). The molecule has 12 heavy (non-hydrogen) atoms. The predicted octanol–water partition coefficient (Wildman–Crippen LogP) is -1.17. The van der Waals surface area contributed by atoms with Crippen molar-refractivity contribution >= 4 is 5.97 Å². The van der Waals surface area contributed by atoms with Crippen molar-refractivity contribution in [2.75, 3.05) is 6.61 Å². The van der Waals surface area contributed by atoms with E-state index in [1.807, 2.05) is 0 Å². The van der Waals surface area contributed by atoms with Crippen molar-refractivity contribution in [2.45, 2.75) is 25.2 Å². The Morgan fingerprint density at radius 1 is 1.67 bits per heavy atom. The topological polar surface area (TPSA) is 76.0 Å². The van der Waals surface area contributed by atoms with Gasteiger partial charge in [0.05, 0.1) is 0 Å². The second-order valence-electron chi connectivity index (χ2n) is 2.59. The Hall–Kier alpha value is -0.650. The van der Waals surface area contributed by atoms with Gasteiger partial charge in [-0.1, -0.05) is 0 Å². The first kappa shape index (κ1) is 9.44. The van der Waals surface area contributed by atoms with Crippen molar-refractivity contribution in [3.63, 3.8) is 0 Å². The molecule has 0 saturated carbocycles. The fourth-order valence-electron chi connectivity index (χ4n) is 0.900. The van der Waals surface area contributed by atoms with Crippen LogP contribution in [0.2, 0.25) is 0 Å². The summed E-state index contributed by atoms with van der Waals surface area (Å²) < 4.78 is 9.42. The molecule has 2 N–H and O–H groups in total. The first-order valence-corrected chi connectivity index (χ1v) is 3.59. The van der Waals surface area contributed by atoms with E-state index in [0.29, 0.717) is 0 Å². The summed E-state index contributed by atoms with van der Waals surface area (Å²) in [6.07, 6.45) is -2.65. The molecule has 0 aliphatic carbocycles. The molecule has 0 bridgehead atoms. The molecule has 0 unspecified atom stereocenters. The van der Waals surface area contributed by atoms with Gasteiger partial charge in [0.25, 0.3) is 0 Å². The Morgan fingerprint density at radius 2 is 2.33 bits per heavy atom. The van der Waals surface area contributed by atoms with Gasteiger partial charge in [0.2, 0.25) is 0 Å². The molecular formula is C7H11O5. The third kappa shape index (κ3) is 2.17. The molecule has 69 valence electrons. The van der Waals surface area contributed by atoms with Crippen LogP contribution in [0.1, 0.15) is 6.92 Å². The average Bonchev–Trinajstić information content (AvgIpc) is 2.30. The molecule has 0 aromatic carbocycles. The van der Waals surface area contributed by atoms with Crippen LogP contribution in [0, 0.1) is 6.61 Å². The molecule has 1 radical (unpaired) electrons. The Balaban J connectivity index is 2.29. The van der Waals surface area contributed by atoms with E-state index in [9.17, 15) is 9.90 Å². The van der Waals surface area contributed by atoms with E-state index in [4.69, 9.17) is 9.84 Å². The summed E-state index contributed by atoms with van der Waals surface area (Å²) >= 11 is 0. The number of hydrogen-bond donors (Lipinski definition) is 2. The van der Waals surface area contributed by atoms with Gasteiger partial charge in [-0.05, 0) is 0 Å². The van der Waals surface area contributed by atoms with Gasteiger partial charge in [-0.25, -0.2) is 0 Å². The number of carbonyl (C=O) groups excluding carboxylic acids is 1. The third-order valence-electron chi connectivity index (χ3n) is 1.57. The lowest BCUT2D eigenvalue weighted by Crippen LogP contribution is -2.33. The second-order valence-corrected chi connectivity index (χ2v) is 2.59. The van der Waals surface area contributed by atoms with Gasteiger partial charge in [0.15, 0.2) is 0 Å². The number of aliphatic hydroxyl groups excluding tert-OH is 2. The number of hydrogen-bond acceptors (Lipinski definition) is 5. The van der Waals surface area contributed by atoms with Gasteiger partial charge >= 0.3 is 5.97 Å². The third-order valence-corrected chi connectivity index (χ3v) is 1.57. The zero-order valence-electron chi connectivity index (χ0n) is 6.64. The van der Waals surface area contributed by atoms with Crippen molar-refractivity contribution in [2.24, 2.45) is 0 Å². The molecule has 1 aliphatic rings. The lowest BCUT2D eigenvalue weighted by Gasteiger charge is -2.13. The van der Waals surface area contributed by atoms with Gasteiger partial charge in [-0.3, -0.25) is 4.79 Å². The van der Waals surface area contributed by atoms with Gasteiger partial charge < -0.3 is 19.7 Å². The van der Waals surface area contributed by atoms with Crippen LogP contribution in [0.25, 0.3) is 0 Å². The second kappa shape index (κ2) is 3.84. The van der Waals surface area contributed by atoms with Crippen LogP contribution >= 0.6 is 0 Å². The zero-order chi connectivity index (χ0) is 9.14. The maximum atomic E-state index is 10.4. The molecule has 1 fully saturated rings. The lowest BCUT2D eigenvalue weighted by molar-refractivity contribution is -0.145. The quantitative estimate of drug-likeness (QED) is 0.517. The van der Waals surface area contributed by atoms with E-state index in [2.05, 4.69) is 4.74 Å². The summed E-state index contributed by atoms with van der Waals surface area (Å²) in [7, 11) is 0. The SMILES string of the molecule is CC(=O)OC[C@H]1O[CH][C@H](O)[C@@H]1O. The van der Waals surface area contributed by atoms with Gasteiger partial charge in [-0.2, -0.15) is 0 Å². The van der Waals surface area contributed by atoms with Crippen molar-refractivity contribution in [3.8, 4) is 0 Å². The summed E-state index contributed by atoms with van der Waals surface area (Å²) in [4.78, 5) is 10.4. The minimum absolute atomic E-state index is 0.0376. The highest BCUT2D eigenvalue weighted by Crippen LogP contribution is 2.17. The normalized spacial score (nSPS) is 35.1. The number of aliphatic hydroxyl groups is 2. The summed E-state index contributed by atoms with van der Waals surface area (Å²) in [5, 5.41) is 18.1. The molecule has 0 aromatic rings. The molecule has 3 atom stereocenters. The van der Waals surface area contributed by atoms with Gasteiger partial charge in [0.1, 0.15) is 31.5 Å². The summed E-state index contributed by atoms with van der Waals surface area (Å²) in [6.45, 7) is 2.35. The van der Waals surface area contributed by atoms with E-state index in [0.717, 1.165) is 6.61 Å². The molecule has 0 amide bonds. The summed E-state index contributed by atoms with van der Waals surface area (Å²) in [6, 6.07) is 0. The van der Waals surface area contributed by atoms with E-state index >= 15 is 0 Å². The Morgan fingerprint density at radius 3 is 2.75 bits per heavy atom. The van der Waals surface area contributed by atoms with E-state index in [1.54, 1.807) is 0 Å². The van der Waals surface area contributed by atoms with Gasteiger partial charge in [-0.15, -0.1) is 0 Å². The van der Waals surface area contributed by atoms with Crippen LogP contribution in [0.4, 0.5) is 0 Å². The summed E-state index contributed by atoms with van der Waals surface area (Å²) in [5.41, 5.74) is 0. The highest BCUT2D eigenvalue weighted by Gasteiger charge is 2.35. The number of carbonyl (C=O) groups is 1. The number of ether oxygens (including phenoxy) is 2. The van der Waals surface area contributed by atoms with Crippen LogP contribution in [-0.2, 0) is 14.3 Å². The molecule has 5 heteroatoms. The fourth-order valence-corrected chi connectivity index (χ4v) is 0.900. The standard InChI is InChI=1S/C7H11O5/c1-4(8)11-3-6-7(10)5(9)2-12-6/h2,5-7,9-10H,3H2,1H3/t5-,6+,7-/m0/s1. The molecule has 1 aliphatic heterocycles. The van der Waals surface area contributed by atoms with E-state index < -0.39 is 24.3 Å². The van der Waals surface area contributed by atoms with Crippen molar-refractivity contribution in [1.29, 1.82) is 0 Å². The van der Waals surface area contributed by atoms with Crippen LogP contribution in [0.3, 0.4) is 0 Å². The minimum Gasteiger partial charge on any atom is -0.463 e. The first-order chi connectivity index (χ1) is 5.61. The van der Waals surface area contributed by atoms with Crippen LogP contribution in [0.5, 0.6) is 0 Å². The maximum absolute atomic E-state index is 10.4.